The first kappa shape index (κ1) is 10.0. The van der Waals surface area contributed by atoms with Crippen LogP contribution in [-0.4, -0.2) is 12.0 Å². The van der Waals surface area contributed by atoms with Crippen LogP contribution in [0.3, 0.4) is 0 Å². The van der Waals surface area contributed by atoms with Gasteiger partial charge >= 0.3 is 0 Å². The van der Waals surface area contributed by atoms with E-state index in [2.05, 4.69) is 12.2 Å². The molecule has 0 bridgehead atoms. The molecule has 0 radical (unpaired) electrons. The minimum Gasteiger partial charge on any atom is -0.488 e. The van der Waals surface area contributed by atoms with Crippen LogP contribution in [0.25, 0.3) is 0 Å². The number of carbonyl (C=O) groups excluding carboxylic acids is 1. The molecule has 2 rings (SSSR count). The van der Waals surface area contributed by atoms with E-state index in [1.165, 1.54) is 5.56 Å². The van der Waals surface area contributed by atoms with Gasteiger partial charge in [-0.25, -0.2) is 0 Å². The number of aryl methyl sites for hydroxylation is 1. The number of fused-ring (bicyclic) bond motifs is 1. The third-order valence-electron chi connectivity index (χ3n) is 2.53. The molecule has 1 atom stereocenters. The van der Waals surface area contributed by atoms with E-state index >= 15 is 0 Å². The van der Waals surface area contributed by atoms with Gasteiger partial charge in [0, 0.05) is 0 Å². The van der Waals surface area contributed by atoms with Crippen LogP contribution >= 0.6 is 0 Å². The van der Waals surface area contributed by atoms with Gasteiger partial charge in [0.25, 0.3) is 0 Å². The molecule has 0 spiro atoms. The lowest BCUT2D eigenvalue weighted by Crippen LogP contribution is -2.17. The van der Waals surface area contributed by atoms with Crippen molar-refractivity contribution in [3.8, 4) is 5.75 Å². The number of hydrogen-bond acceptors (Lipinski definition) is 2. The molecule has 1 heterocycles. The molecule has 0 aliphatic carbocycles. The second-order valence-corrected chi connectivity index (χ2v) is 3.86. The zero-order valence-electron chi connectivity index (χ0n) is 9.04. The summed E-state index contributed by atoms with van der Waals surface area (Å²) in [5.74, 6) is 0.792. The van der Waals surface area contributed by atoms with Crippen LogP contribution in [-0.2, 0) is 11.2 Å². The van der Waals surface area contributed by atoms with Crippen molar-refractivity contribution in [2.45, 2.75) is 32.8 Å². The molecule has 1 aromatic rings. The Morgan fingerprint density at radius 1 is 1.53 bits per heavy atom. The molecule has 1 aliphatic heterocycles. The molecule has 1 aromatic carbocycles. The highest BCUT2D eigenvalue weighted by Gasteiger charge is 2.18. The van der Waals surface area contributed by atoms with Gasteiger partial charge in [0.2, 0.25) is 5.91 Å². The van der Waals surface area contributed by atoms with Crippen molar-refractivity contribution in [3.05, 3.63) is 23.8 Å². The van der Waals surface area contributed by atoms with Crippen LogP contribution < -0.4 is 10.1 Å². The Balaban J connectivity index is 2.37. The number of carbonyl (C=O) groups is 1. The summed E-state index contributed by atoms with van der Waals surface area (Å²) in [6, 6.07) is 5.94. The molecule has 1 N–H and O–H groups in total. The van der Waals surface area contributed by atoms with E-state index in [9.17, 15) is 4.79 Å². The van der Waals surface area contributed by atoms with Gasteiger partial charge in [-0.1, -0.05) is 13.0 Å². The SMILES string of the molecule is CCc1ccc2c(c1)NC(=O)CC(C)O2. The zero-order chi connectivity index (χ0) is 10.8. The van der Waals surface area contributed by atoms with Crippen molar-refractivity contribution in [3.63, 3.8) is 0 Å². The summed E-state index contributed by atoms with van der Waals surface area (Å²) in [7, 11) is 0. The number of benzene rings is 1. The lowest BCUT2D eigenvalue weighted by atomic mass is 10.1. The summed E-state index contributed by atoms with van der Waals surface area (Å²) in [6.45, 7) is 3.99. The molecule has 3 nitrogen and oxygen atoms in total. The number of ether oxygens (including phenoxy) is 1. The van der Waals surface area contributed by atoms with Crippen molar-refractivity contribution < 1.29 is 9.53 Å². The van der Waals surface area contributed by atoms with Gasteiger partial charge in [-0.15, -0.1) is 0 Å². The van der Waals surface area contributed by atoms with E-state index in [4.69, 9.17) is 4.74 Å². The third kappa shape index (κ3) is 2.12. The third-order valence-corrected chi connectivity index (χ3v) is 2.53. The fourth-order valence-corrected chi connectivity index (χ4v) is 1.72. The number of amides is 1. The van der Waals surface area contributed by atoms with E-state index in [1.54, 1.807) is 0 Å². The van der Waals surface area contributed by atoms with Gasteiger partial charge in [-0.2, -0.15) is 0 Å². The summed E-state index contributed by atoms with van der Waals surface area (Å²) in [4.78, 5) is 11.5. The highest BCUT2D eigenvalue weighted by molar-refractivity contribution is 5.93. The van der Waals surface area contributed by atoms with Crippen LogP contribution in [0.15, 0.2) is 18.2 Å². The molecular formula is C12H15NO2. The first-order valence-corrected chi connectivity index (χ1v) is 5.28. The van der Waals surface area contributed by atoms with Crippen molar-refractivity contribution in [2.75, 3.05) is 5.32 Å². The van der Waals surface area contributed by atoms with Gasteiger partial charge in [-0.05, 0) is 31.0 Å². The first-order chi connectivity index (χ1) is 7.19. The minimum absolute atomic E-state index is 0.0227. The molecule has 15 heavy (non-hydrogen) atoms. The smallest absolute Gasteiger partial charge is 0.228 e. The van der Waals surface area contributed by atoms with Gasteiger partial charge < -0.3 is 10.1 Å². The topological polar surface area (TPSA) is 38.3 Å². The molecule has 0 saturated heterocycles. The minimum atomic E-state index is -0.0567. The second kappa shape index (κ2) is 3.93. The van der Waals surface area contributed by atoms with Crippen LogP contribution in [0.5, 0.6) is 5.75 Å². The molecule has 1 amide bonds. The molecule has 80 valence electrons. The lowest BCUT2D eigenvalue weighted by molar-refractivity contribution is -0.117. The maximum Gasteiger partial charge on any atom is 0.228 e. The predicted octanol–water partition coefficient (Wildman–Crippen LogP) is 2.36. The number of hydrogen-bond donors (Lipinski definition) is 1. The molecule has 3 heteroatoms. The average Bonchev–Trinajstić information content (AvgIpc) is 2.33. The Labute approximate surface area is 89.4 Å². The van der Waals surface area contributed by atoms with Gasteiger partial charge in [-0.3, -0.25) is 4.79 Å². The molecule has 0 fully saturated rings. The Hall–Kier alpha value is -1.51. The Kier molecular flexibility index (Phi) is 2.62. The number of anilines is 1. The lowest BCUT2D eigenvalue weighted by Gasteiger charge is -2.11. The maximum atomic E-state index is 11.5. The van der Waals surface area contributed by atoms with E-state index in [0.29, 0.717) is 6.42 Å². The second-order valence-electron chi connectivity index (χ2n) is 3.86. The first-order valence-electron chi connectivity index (χ1n) is 5.28. The van der Waals surface area contributed by atoms with Gasteiger partial charge in [0.1, 0.15) is 11.9 Å². The molecule has 1 aliphatic rings. The van der Waals surface area contributed by atoms with E-state index in [1.807, 2.05) is 25.1 Å². The summed E-state index contributed by atoms with van der Waals surface area (Å²) in [6.07, 6.45) is 1.31. The highest BCUT2D eigenvalue weighted by Crippen LogP contribution is 2.29. The van der Waals surface area contributed by atoms with Crippen molar-refractivity contribution in [1.29, 1.82) is 0 Å². The average molecular weight is 205 g/mol. The monoisotopic (exact) mass is 205 g/mol. The Morgan fingerprint density at radius 2 is 2.33 bits per heavy atom. The summed E-state index contributed by atoms with van der Waals surface area (Å²) >= 11 is 0. The standard InChI is InChI=1S/C12H15NO2/c1-3-9-4-5-11-10(7-9)13-12(14)6-8(2)15-11/h4-5,7-8H,3,6H2,1-2H3,(H,13,14). The quantitative estimate of drug-likeness (QED) is 0.764. The molecule has 1 unspecified atom stereocenters. The van der Waals surface area contributed by atoms with Crippen LogP contribution in [0.1, 0.15) is 25.8 Å². The van der Waals surface area contributed by atoms with Crippen molar-refractivity contribution in [1.82, 2.24) is 0 Å². The van der Waals surface area contributed by atoms with Crippen molar-refractivity contribution in [2.24, 2.45) is 0 Å². The zero-order valence-corrected chi connectivity index (χ0v) is 9.04. The van der Waals surface area contributed by atoms with Gasteiger partial charge in [0.15, 0.2) is 0 Å². The summed E-state index contributed by atoms with van der Waals surface area (Å²) in [5, 5.41) is 2.86. The van der Waals surface area contributed by atoms with Crippen LogP contribution in [0.2, 0.25) is 0 Å². The largest absolute Gasteiger partial charge is 0.488 e. The normalized spacial score (nSPS) is 19.9. The van der Waals surface area contributed by atoms with Crippen LogP contribution in [0, 0.1) is 0 Å². The van der Waals surface area contributed by atoms with Crippen molar-refractivity contribution >= 4 is 11.6 Å². The van der Waals surface area contributed by atoms with E-state index in [-0.39, 0.29) is 12.0 Å². The van der Waals surface area contributed by atoms with E-state index in [0.717, 1.165) is 17.9 Å². The van der Waals surface area contributed by atoms with Crippen LogP contribution in [0.4, 0.5) is 5.69 Å². The fraction of sp³-hybridized carbons (Fsp3) is 0.417. The maximum absolute atomic E-state index is 11.5. The number of nitrogens with one attached hydrogen (secondary N) is 1. The molecule has 0 aromatic heterocycles. The highest BCUT2D eigenvalue weighted by atomic mass is 16.5. The summed E-state index contributed by atoms with van der Waals surface area (Å²) in [5.41, 5.74) is 2.00. The fourth-order valence-electron chi connectivity index (χ4n) is 1.72. The predicted molar refractivity (Wildman–Crippen MR) is 59.2 cm³/mol. The molecule has 0 saturated carbocycles. The Morgan fingerprint density at radius 3 is 3.07 bits per heavy atom. The van der Waals surface area contributed by atoms with Gasteiger partial charge in [0.05, 0.1) is 12.1 Å². The molecular weight excluding hydrogens is 190 g/mol. The number of rotatable bonds is 1. The van der Waals surface area contributed by atoms with E-state index < -0.39 is 0 Å². The summed E-state index contributed by atoms with van der Waals surface area (Å²) < 4.78 is 5.64. The Bertz CT molecular complexity index is 387.